The summed E-state index contributed by atoms with van der Waals surface area (Å²) < 4.78 is 0. The van der Waals surface area contributed by atoms with Crippen LogP contribution in [0.1, 0.15) is 55.8 Å². The van der Waals surface area contributed by atoms with Crippen LogP contribution >= 0.6 is 0 Å². The summed E-state index contributed by atoms with van der Waals surface area (Å²) in [5.41, 5.74) is 1.35. The van der Waals surface area contributed by atoms with Crippen LogP contribution in [0, 0.1) is 5.92 Å². The summed E-state index contributed by atoms with van der Waals surface area (Å²) in [6, 6.07) is 14.0. The first-order valence-corrected chi connectivity index (χ1v) is 11.5. The number of pyridine rings is 1. The van der Waals surface area contributed by atoms with Crippen LogP contribution in [0.5, 0.6) is 0 Å². The average Bonchev–Trinajstić information content (AvgIpc) is 2.83. The number of unbranched alkanes of at least 4 members (excludes halogenated alkanes) is 3. The molecule has 4 rings (SSSR count). The lowest BCUT2D eigenvalue weighted by Crippen LogP contribution is -2.45. The fourth-order valence-corrected chi connectivity index (χ4v) is 4.55. The molecule has 1 aliphatic rings. The Hall–Kier alpha value is -2.95. The molecule has 5 nitrogen and oxygen atoms in total. The maximum Gasteiger partial charge on any atom is 0.256 e. The minimum Gasteiger partial charge on any atom is -0.356 e. The molecule has 1 N–H and O–H groups in total. The number of rotatable bonds is 7. The molecule has 1 aromatic heterocycles. The van der Waals surface area contributed by atoms with Gasteiger partial charge in [-0.3, -0.25) is 14.6 Å². The van der Waals surface area contributed by atoms with Gasteiger partial charge in [-0.05, 0) is 42.2 Å². The van der Waals surface area contributed by atoms with Gasteiger partial charge in [0.25, 0.3) is 5.91 Å². The summed E-state index contributed by atoms with van der Waals surface area (Å²) in [5, 5.41) is 6.19. The van der Waals surface area contributed by atoms with Gasteiger partial charge in [0.05, 0.1) is 17.0 Å². The van der Waals surface area contributed by atoms with Crippen molar-refractivity contribution >= 4 is 33.5 Å². The van der Waals surface area contributed by atoms with Gasteiger partial charge in [-0.15, -0.1) is 0 Å². The summed E-state index contributed by atoms with van der Waals surface area (Å²) in [4.78, 5) is 32.5. The van der Waals surface area contributed by atoms with Crippen LogP contribution < -0.4 is 5.32 Å². The summed E-state index contributed by atoms with van der Waals surface area (Å²) in [6.45, 7) is 4.06. The quantitative estimate of drug-likeness (QED) is 0.438. The highest BCUT2D eigenvalue weighted by molar-refractivity contribution is 6.15. The molecule has 0 spiro atoms. The fraction of sp³-hybridized carbons (Fsp3) is 0.423. The van der Waals surface area contributed by atoms with Crippen molar-refractivity contribution < 1.29 is 9.59 Å². The zero-order chi connectivity index (χ0) is 21.6. The number of hydrogen-bond donors (Lipinski definition) is 1. The third-order valence-corrected chi connectivity index (χ3v) is 6.25. The normalized spacial score (nSPS) is 16.5. The molecule has 1 fully saturated rings. The lowest BCUT2D eigenvalue weighted by molar-refractivity contribution is -0.126. The molecule has 1 unspecified atom stereocenters. The summed E-state index contributed by atoms with van der Waals surface area (Å²) in [7, 11) is 0. The largest absolute Gasteiger partial charge is 0.356 e. The molecule has 31 heavy (non-hydrogen) atoms. The van der Waals surface area contributed by atoms with E-state index < -0.39 is 0 Å². The summed E-state index contributed by atoms with van der Waals surface area (Å²) in [5.74, 6) is -0.0889. The van der Waals surface area contributed by atoms with Gasteiger partial charge in [0.2, 0.25) is 5.91 Å². The first-order chi connectivity index (χ1) is 15.2. The van der Waals surface area contributed by atoms with E-state index in [-0.39, 0.29) is 17.7 Å². The Morgan fingerprint density at radius 3 is 2.81 bits per heavy atom. The Balaban J connectivity index is 1.51. The molecule has 1 saturated heterocycles. The number of hydrogen-bond acceptors (Lipinski definition) is 3. The number of fused-ring (bicyclic) bond motifs is 3. The predicted octanol–water partition coefficient (Wildman–Crippen LogP) is 4.94. The Labute approximate surface area is 183 Å². The lowest BCUT2D eigenvalue weighted by Gasteiger charge is -2.32. The van der Waals surface area contributed by atoms with E-state index in [0.717, 1.165) is 53.9 Å². The second kappa shape index (κ2) is 9.90. The van der Waals surface area contributed by atoms with Crippen molar-refractivity contribution in [2.45, 2.75) is 45.4 Å². The number of likely N-dealkylation sites (tertiary alicyclic amines) is 1. The van der Waals surface area contributed by atoms with Crippen molar-refractivity contribution in [2.24, 2.45) is 5.92 Å². The van der Waals surface area contributed by atoms with Crippen LogP contribution in [-0.2, 0) is 4.79 Å². The molecular formula is C26H31N3O2. The average molecular weight is 418 g/mol. The standard InChI is InChI=1S/C26H31N3O2/c1-2-3-4-7-14-28-25(30)20-11-9-16-29(18-20)26(31)23-17-19-10-5-6-12-21(19)22-13-8-15-27-24(22)23/h5-6,8,10,12-13,15,17,20H,2-4,7,9,11,14,16,18H2,1H3,(H,28,30). The van der Waals surface area contributed by atoms with Gasteiger partial charge in [-0.2, -0.15) is 0 Å². The molecule has 0 bridgehead atoms. The monoisotopic (exact) mass is 417 g/mol. The molecule has 5 heteroatoms. The predicted molar refractivity (Wildman–Crippen MR) is 125 cm³/mol. The smallest absolute Gasteiger partial charge is 0.256 e. The van der Waals surface area contributed by atoms with Crippen LogP contribution in [0.3, 0.4) is 0 Å². The minimum absolute atomic E-state index is 0.0325. The van der Waals surface area contributed by atoms with E-state index in [9.17, 15) is 9.59 Å². The highest BCUT2D eigenvalue weighted by Crippen LogP contribution is 2.29. The first kappa shape index (κ1) is 21.3. The number of carbonyl (C=O) groups is 2. The van der Waals surface area contributed by atoms with E-state index in [1.165, 1.54) is 12.8 Å². The molecule has 0 radical (unpaired) electrons. The molecule has 0 saturated carbocycles. The number of amides is 2. The molecule has 2 heterocycles. The Kier molecular flexibility index (Phi) is 6.80. The third kappa shape index (κ3) is 4.71. The van der Waals surface area contributed by atoms with E-state index >= 15 is 0 Å². The zero-order valence-electron chi connectivity index (χ0n) is 18.3. The Morgan fingerprint density at radius 2 is 1.94 bits per heavy atom. The maximum absolute atomic E-state index is 13.5. The minimum atomic E-state index is -0.136. The van der Waals surface area contributed by atoms with Gasteiger partial charge in [-0.25, -0.2) is 0 Å². The number of benzene rings is 2. The van der Waals surface area contributed by atoms with E-state index in [1.807, 2.05) is 41.3 Å². The first-order valence-electron chi connectivity index (χ1n) is 11.5. The van der Waals surface area contributed by atoms with Crippen molar-refractivity contribution in [3.8, 4) is 0 Å². The molecule has 1 aliphatic heterocycles. The van der Waals surface area contributed by atoms with Gasteiger partial charge in [0.15, 0.2) is 0 Å². The third-order valence-electron chi connectivity index (χ3n) is 6.25. The molecule has 162 valence electrons. The van der Waals surface area contributed by atoms with Crippen LogP contribution in [0.4, 0.5) is 0 Å². The maximum atomic E-state index is 13.5. The van der Waals surface area contributed by atoms with Crippen LogP contribution in [0.25, 0.3) is 21.7 Å². The van der Waals surface area contributed by atoms with Gasteiger partial charge < -0.3 is 10.2 Å². The molecule has 3 aromatic rings. The van der Waals surface area contributed by atoms with Crippen LogP contribution in [-0.4, -0.2) is 41.3 Å². The molecule has 2 aromatic carbocycles. The van der Waals surface area contributed by atoms with Crippen LogP contribution in [0.2, 0.25) is 0 Å². The number of nitrogens with zero attached hydrogens (tertiary/aromatic N) is 2. The second-order valence-electron chi connectivity index (χ2n) is 8.49. The number of aromatic nitrogens is 1. The molecule has 0 aliphatic carbocycles. The van der Waals surface area contributed by atoms with Gasteiger partial charge in [0, 0.05) is 31.2 Å². The van der Waals surface area contributed by atoms with E-state index in [4.69, 9.17) is 0 Å². The van der Waals surface area contributed by atoms with E-state index in [1.54, 1.807) is 6.20 Å². The highest BCUT2D eigenvalue weighted by atomic mass is 16.2. The Bertz CT molecular complexity index is 1080. The van der Waals surface area contributed by atoms with Crippen LogP contribution in [0.15, 0.2) is 48.7 Å². The lowest BCUT2D eigenvalue weighted by atomic mass is 9.95. The summed E-state index contributed by atoms with van der Waals surface area (Å²) in [6.07, 6.45) is 7.97. The summed E-state index contributed by atoms with van der Waals surface area (Å²) >= 11 is 0. The van der Waals surface area contributed by atoms with Gasteiger partial charge in [0.1, 0.15) is 0 Å². The number of piperidine rings is 1. The Morgan fingerprint density at radius 1 is 1.10 bits per heavy atom. The van der Waals surface area contributed by atoms with Crippen molar-refractivity contribution in [1.82, 2.24) is 15.2 Å². The number of carbonyl (C=O) groups excluding carboxylic acids is 2. The fourth-order valence-electron chi connectivity index (χ4n) is 4.55. The molecule has 2 amide bonds. The topological polar surface area (TPSA) is 62.3 Å². The zero-order valence-corrected chi connectivity index (χ0v) is 18.3. The molecule has 1 atom stereocenters. The van der Waals surface area contributed by atoms with Gasteiger partial charge >= 0.3 is 0 Å². The van der Waals surface area contributed by atoms with Crippen molar-refractivity contribution in [2.75, 3.05) is 19.6 Å². The molecular weight excluding hydrogens is 386 g/mol. The van der Waals surface area contributed by atoms with E-state index in [0.29, 0.717) is 18.7 Å². The van der Waals surface area contributed by atoms with Gasteiger partial charge in [-0.1, -0.05) is 56.5 Å². The number of nitrogens with one attached hydrogen (secondary N) is 1. The van der Waals surface area contributed by atoms with E-state index in [2.05, 4.69) is 23.3 Å². The SMILES string of the molecule is CCCCCCNC(=O)C1CCCN(C(=O)c2cc3ccccc3c3cccnc23)C1. The van der Waals surface area contributed by atoms with Crippen molar-refractivity contribution in [3.05, 3.63) is 54.2 Å². The second-order valence-corrected chi connectivity index (χ2v) is 8.49. The van der Waals surface area contributed by atoms with Crippen molar-refractivity contribution in [1.29, 1.82) is 0 Å². The van der Waals surface area contributed by atoms with Crippen molar-refractivity contribution in [3.63, 3.8) is 0 Å². The highest BCUT2D eigenvalue weighted by Gasteiger charge is 2.29.